The third-order valence-electron chi connectivity index (χ3n) is 6.43. The summed E-state index contributed by atoms with van der Waals surface area (Å²) in [5.74, 6) is 0. The van der Waals surface area contributed by atoms with E-state index in [2.05, 4.69) is 95.7 Å². The molecular formula is C28H21BrN2OS. The molecule has 0 amide bonds. The summed E-state index contributed by atoms with van der Waals surface area (Å²) in [6.45, 7) is 2.07. The molecule has 2 aliphatic rings. The third-order valence-corrected chi connectivity index (χ3v) is 7.95. The molecule has 3 aromatic carbocycles. The van der Waals surface area contributed by atoms with Gasteiger partial charge in [-0.15, -0.1) is 0 Å². The summed E-state index contributed by atoms with van der Waals surface area (Å²) in [5, 5.41) is 0. The molecule has 5 heteroatoms. The fourth-order valence-corrected chi connectivity index (χ4v) is 6.05. The van der Waals surface area contributed by atoms with Crippen molar-refractivity contribution in [1.29, 1.82) is 0 Å². The molecule has 1 aromatic heterocycles. The highest BCUT2D eigenvalue weighted by molar-refractivity contribution is 9.10. The van der Waals surface area contributed by atoms with Gasteiger partial charge in [0, 0.05) is 10.0 Å². The van der Waals surface area contributed by atoms with E-state index in [0.717, 1.165) is 38.9 Å². The molecule has 0 saturated carbocycles. The minimum absolute atomic E-state index is 0.0256. The summed E-state index contributed by atoms with van der Waals surface area (Å²) in [4.78, 5) is 19.5. The quantitative estimate of drug-likeness (QED) is 0.354. The Labute approximate surface area is 204 Å². The van der Waals surface area contributed by atoms with Crippen LogP contribution in [0.3, 0.4) is 0 Å². The molecule has 33 heavy (non-hydrogen) atoms. The van der Waals surface area contributed by atoms with Gasteiger partial charge in [-0.2, -0.15) is 0 Å². The molecule has 1 aliphatic heterocycles. The predicted octanol–water partition coefficient (Wildman–Crippen LogP) is 5.39. The van der Waals surface area contributed by atoms with Crippen LogP contribution in [0.4, 0.5) is 0 Å². The number of hydrogen-bond acceptors (Lipinski definition) is 3. The van der Waals surface area contributed by atoms with Crippen LogP contribution in [-0.2, 0) is 6.42 Å². The van der Waals surface area contributed by atoms with E-state index in [1.807, 2.05) is 10.6 Å². The summed E-state index contributed by atoms with van der Waals surface area (Å²) in [5.41, 5.74) is 8.15. The maximum Gasteiger partial charge on any atom is 0.271 e. The van der Waals surface area contributed by atoms with Crippen molar-refractivity contribution in [2.24, 2.45) is 4.99 Å². The van der Waals surface area contributed by atoms with Gasteiger partial charge in [0.05, 0.1) is 16.3 Å². The predicted molar refractivity (Wildman–Crippen MR) is 138 cm³/mol. The van der Waals surface area contributed by atoms with Crippen molar-refractivity contribution in [1.82, 2.24) is 4.57 Å². The van der Waals surface area contributed by atoms with E-state index in [0.29, 0.717) is 4.53 Å². The maximum atomic E-state index is 13.7. The maximum absolute atomic E-state index is 13.7. The van der Waals surface area contributed by atoms with Gasteiger partial charge < -0.3 is 0 Å². The minimum atomic E-state index is -0.141. The number of nitrogens with zero attached hydrogens (tertiary/aromatic N) is 2. The van der Waals surface area contributed by atoms with Crippen molar-refractivity contribution in [3.8, 4) is 0 Å². The van der Waals surface area contributed by atoms with Gasteiger partial charge in [-0.1, -0.05) is 93.5 Å². The molecule has 0 spiro atoms. The summed E-state index contributed by atoms with van der Waals surface area (Å²) in [6.07, 6.45) is 3.85. The van der Waals surface area contributed by atoms with Crippen LogP contribution in [0, 0.1) is 6.92 Å². The Kier molecular flexibility index (Phi) is 5.04. The Hall–Kier alpha value is -3.02. The topological polar surface area (TPSA) is 34.4 Å². The summed E-state index contributed by atoms with van der Waals surface area (Å²) in [6, 6.07) is 25.0. The Morgan fingerprint density at radius 2 is 1.76 bits per heavy atom. The molecule has 3 nitrogen and oxygen atoms in total. The fraction of sp³-hybridized carbons (Fsp3) is 0.143. The van der Waals surface area contributed by atoms with Crippen LogP contribution in [0.15, 0.2) is 92.6 Å². The Morgan fingerprint density at radius 1 is 1.00 bits per heavy atom. The number of fused-ring (bicyclic) bond motifs is 3. The van der Waals surface area contributed by atoms with Crippen LogP contribution < -0.4 is 14.9 Å². The molecule has 1 aliphatic carbocycles. The molecule has 0 N–H and O–H groups in total. The van der Waals surface area contributed by atoms with E-state index in [9.17, 15) is 4.79 Å². The first-order chi connectivity index (χ1) is 16.1. The lowest BCUT2D eigenvalue weighted by atomic mass is 9.83. The van der Waals surface area contributed by atoms with Gasteiger partial charge in [0.1, 0.15) is 0 Å². The molecule has 1 atom stereocenters. The van der Waals surface area contributed by atoms with Crippen molar-refractivity contribution in [2.45, 2.75) is 25.8 Å². The zero-order chi connectivity index (χ0) is 22.5. The molecule has 0 radical (unpaired) electrons. The minimum Gasteiger partial charge on any atom is -0.272 e. The van der Waals surface area contributed by atoms with Crippen LogP contribution >= 0.6 is 27.3 Å². The highest BCUT2D eigenvalue weighted by Crippen LogP contribution is 2.41. The highest BCUT2D eigenvalue weighted by atomic mass is 79.9. The second-order valence-corrected chi connectivity index (χ2v) is 10.5. The number of rotatable bonds is 2. The van der Waals surface area contributed by atoms with Crippen LogP contribution in [0.2, 0.25) is 0 Å². The zero-order valence-corrected chi connectivity index (χ0v) is 20.5. The van der Waals surface area contributed by atoms with E-state index >= 15 is 0 Å². The first kappa shape index (κ1) is 20.6. The van der Waals surface area contributed by atoms with Crippen molar-refractivity contribution < 1.29 is 0 Å². The zero-order valence-electron chi connectivity index (χ0n) is 18.1. The second-order valence-electron chi connectivity index (χ2n) is 8.58. The highest BCUT2D eigenvalue weighted by Gasteiger charge is 2.32. The molecular weight excluding hydrogens is 492 g/mol. The van der Waals surface area contributed by atoms with E-state index in [-0.39, 0.29) is 11.6 Å². The summed E-state index contributed by atoms with van der Waals surface area (Å²) in [7, 11) is 0. The first-order valence-corrected chi connectivity index (χ1v) is 12.6. The van der Waals surface area contributed by atoms with Gasteiger partial charge in [-0.3, -0.25) is 9.36 Å². The lowest BCUT2D eigenvalue weighted by Gasteiger charge is -2.30. The third kappa shape index (κ3) is 3.56. The number of benzene rings is 3. The van der Waals surface area contributed by atoms with Crippen molar-refractivity contribution in [3.63, 3.8) is 0 Å². The number of thiazole rings is 1. The van der Waals surface area contributed by atoms with Gasteiger partial charge in [0.25, 0.3) is 5.56 Å². The standard InChI is InChI=1S/C28H21BrN2OS/c1-17-6-8-18(9-7-17)16-24-27(32)31-26(20-10-13-21(29)14-11-20)23-15-12-19-4-2-3-5-22(19)25(23)30-28(31)33-24/h2-11,13-14,16,26H,12,15H2,1H3/b24-16-/t26-/m1/s1. The number of halogens is 1. The van der Waals surface area contributed by atoms with Crippen molar-refractivity contribution in [2.75, 3.05) is 0 Å². The molecule has 0 unspecified atom stereocenters. The number of allylic oxidation sites excluding steroid dienone is 1. The van der Waals surface area contributed by atoms with Crippen molar-refractivity contribution >= 4 is 39.0 Å². The van der Waals surface area contributed by atoms with Crippen LogP contribution in [0.1, 0.15) is 40.3 Å². The average Bonchev–Trinajstić information content (AvgIpc) is 3.14. The van der Waals surface area contributed by atoms with E-state index < -0.39 is 0 Å². The lowest BCUT2D eigenvalue weighted by Crippen LogP contribution is -2.38. The van der Waals surface area contributed by atoms with Crippen LogP contribution in [0.25, 0.3) is 11.8 Å². The Balaban J connectivity index is 1.62. The van der Waals surface area contributed by atoms with Gasteiger partial charge >= 0.3 is 0 Å². The van der Waals surface area contributed by atoms with Crippen molar-refractivity contribution in [3.05, 3.63) is 130 Å². The normalized spacial score (nSPS) is 17.3. The lowest BCUT2D eigenvalue weighted by molar-refractivity contribution is 0.585. The van der Waals surface area contributed by atoms with Gasteiger partial charge in [0.15, 0.2) is 4.80 Å². The van der Waals surface area contributed by atoms with E-state index in [1.165, 1.54) is 33.6 Å². The monoisotopic (exact) mass is 512 g/mol. The van der Waals surface area contributed by atoms with Gasteiger partial charge in [-0.05, 0) is 60.2 Å². The molecule has 0 fully saturated rings. The van der Waals surface area contributed by atoms with E-state index in [4.69, 9.17) is 4.99 Å². The molecule has 0 saturated heterocycles. The Bertz CT molecular complexity index is 1590. The summed E-state index contributed by atoms with van der Waals surface area (Å²) >= 11 is 5.03. The number of hydrogen-bond donors (Lipinski definition) is 0. The largest absolute Gasteiger partial charge is 0.272 e. The molecule has 162 valence electrons. The molecule has 2 heterocycles. The number of aryl methyl sites for hydroxylation is 2. The van der Waals surface area contributed by atoms with Gasteiger partial charge in [0.2, 0.25) is 0 Å². The fourth-order valence-electron chi connectivity index (χ4n) is 4.78. The number of aromatic nitrogens is 1. The molecule has 0 bridgehead atoms. The second kappa shape index (κ2) is 8.08. The van der Waals surface area contributed by atoms with Crippen LogP contribution in [-0.4, -0.2) is 4.57 Å². The summed E-state index contributed by atoms with van der Waals surface area (Å²) < 4.78 is 3.65. The first-order valence-electron chi connectivity index (χ1n) is 11.0. The Morgan fingerprint density at radius 3 is 2.55 bits per heavy atom. The molecule has 6 rings (SSSR count). The van der Waals surface area contributed by atoms with Crippen LogP contribution in [0.5, 0.6) is 0 Å². The molecule has 4 aromatic rings. The van der Waals surface area contributed by atoms with E-state index in [1.54, 1.807) is 0 Å². The average molecular weight is 513 g/mol. The smallest absolute Gasteiger partial charge is 0.271 e. The van der Waals surface area contributed by atoms with Gasteiger partial charge in [-0.25, -0.2) is 4.99 Å². The SMILES string of the molecule is Cc1ccc(/C=c2\sc3n(c2=O)[C@H](c2ccc(Br)cc2)C2=C(N=3)c3ccccc3CC2)cc1.